The zero-order valence-corrected chi connectivity index (χ0v) is 14.5. The Morgan fingerprint density at radius 1 is 1.00 bits per heavy atom. The van der Waals surface area contributed by atoms with Gasteiger partial charge >= 0.3 is 0 Å². The second-order valence-corrected chi connectivity index (χ2v) is 7.53. The molecule has 0 fully saturated rings. The van der Waals surface area contributed by atoms with Gasteiger partial charge in [-0.2, -0.15) is 0 Å². The summed E-state index contributed by atoms with van der Waals surface area (Å²) in [6, 6.07) is 20.8. The second kappa shape index (κ2) is 7.17. The van der Waals surface area contributed by atoms with Crippen LogP contribution in [-0.2, 0) is 16.4 Å². The van der Waals surface area contributed by atoms with Gasteiger partial charge in [0.05, 0.1) is 4.90 Å². The van der Waals surface area contributed by atoms with Crippen LogP contribution in [0.15, 0.2) is 70.5 Å². The van der Waals surface area contributed by atoms with Crippen LogP contribution in [0.4, 0.5) is 0 Å². The fraction of sp³-hybridized carbons (Fsp3) is 0.0526. The minimum absolute atomic E-state index is 0.0771. The summed E-state index contributed by atoms with van der Waals surface area (Å²) in [5, 5.41) is 10.6. The van der Waals surface area contributed by atoms with Crippen LogP contribution in [0.5, 0.6) is 11.5 Å². The highest BCUT2D eigenvalue weighted by molar-refractivity contribution is 7.91. The van der Waals surface area contributed by atoms with Crippen LogP contribution in [0.3, 0.4) is 0 Å². The van der Waals surface area contributed by atoms with Crippen LogP contribution >= 0.6 is 11.6 Å². The van der Waals surface area contributed by atoms with Crippen molar-refractivity contribution >= 4 is 21.4 Å². The van der Waals surface area contributed by atoms with Gasteiger partial charge in [0.25, 0.3) is 0 Å². The van der Waals surface area contributed by atoms with Gasteiger partial charge in [-0.15, -0.1) is 0 Å². The van der Waals surface area contributed by atoms with Crippen LogP contribution < -0.4 is 4.74 Å². The molecule has 4 nitrogen and oxygen atoms in total. The average molecular weight is 373 g/mol. The summed E-state index contributed by atoms with van der Waals surface area (Å²) >= 11 is 5.84. The lowest BCUT2D eigenvalue weighted by Crippen LogP contribution is -2.06. The number of benzene rings is 3. The summed E-state index contributed by atoms with van der Waals surface area (Å²) in [6.45, 7) is 0.0771. The summed E-state index contributed by atoms with van der Waals surface area (Å²) in [6.07, 6.45) is 0. The molecule has 3 aromatic rings. The summed E-state index contributed by atoms with van der Waals surface area (Å²) in [5.74, 6) is -0.497. The Balaban J connectivity index is 1.96. The zero-order valence-electron chi connectivity index (χ0n) is 12.9. The van der Waals surface area contributed by atoms with Gasteiger partial charge in [0, 0.05) is 11.1 Å². The number of sulfone groups is 1. The molecule has 0 amide bonds. The minimum atomic E-state index is -3.85. The van der Waals surface area contributed by atoms with E-state index in [1.54, 1.807) is 24.3 Å². The van der Waals surface area contributed by atoms with Crippen molar-refractivity contribution in [2.24, 2.45) is 0 Å². The average Bonchev–Trinajstić information content (AvgIpc) is 2.62. The van der Waals surface area contributed by atoms with Crippen LogP contribution in [0.1, 0.15) is 5.56 Å². The lowest BCUT2D eigenvalue weighted by atomic mass is 10.2. The van der Waals surface area contributed by atoms with E-state index in [2.05, 4.69) is 12.1 Å². The van der Waals surface area contributed by atoms with Crippen molar-refractivity contribution in [2.75, 3.05) is 0 Å². The van der Waals surface area contributed by atoms with Crippen LogP contribution in [0, 0.1) is 12.1 Å². The molecule has 0 aliphatic carbocycles. The van der Waals surface area contributed by atoms with Gasteiger partial charge in [-0.1, -0.05) is 35.9 Å². The monoisotopic (exact) mass is 372 g/mol. The fourth-order valence-electron chi connectivity index (χ4n) is 2.22. The zero-order chi connectivity index (χ0) is 17.9. The third-order valence-corrected chi connectivity index (χ3v) is 5.52. The Labute approximate surface area is 151 Å². The third-order valence-electron chi connectivity index (χ3n) is 3.48. The van der Waals surface area contributed by atoms with Crippen LogP contribution in [-0.4, -0.2) is 13.5 Å². The van der Waals surface area contributed by atoms with E-state index >= 15 is 0 Å². The van der Waals surface area contributed by atoms with Gasteiger partial charge in [0.2, 0.25) is 9.84 Å². The largest absolute Gasteiger partial charge is 0.504 e. The first kappa shape index (κ1) is 17.3. The van der Waals surface area contributed by atoms with Gasteiger partial charge in [-0.05, 0) is 48.0 Å². The highest BCUT2D eigenvalue weighted by atomic mass is 35.5. The molecule has 0 heterocycles. The number of halogens is 1. The van der Waals surface area contributed by atoms with Crippen molar-refractivity contribution in [2.45, 2.75) is 16.4 Å². The van der Waals surface area contributed by atoms with E-state index < -0.39 is 9.84 Å². The number of phenolic OH excluding ortho intramolecular Hbond substituents is 1. The number of hydrogen-bond donors (Lipinski definition) is 1. The Bertz CT molecular complexity index is 968. The molecule has 0 aliphatic heterocycles. The van der Waals surface area contributed by atoms with E-state index in [0.717, 1.165) is 5.56 Å². The molecule has 0 saturated carbocycles. The molecule has 0 spiro atoms. The predicted molar refractivity (Wildman–Crippen MR) is 93.5 cm³/mol. The number of ether oxygens (including phenoxy) is 1. The Hall–Kier alpha value is -2.50. The highest BCUT2D eigenvalue weighted by Crippen LogP contribution is 2.36. The number of aromatic hydroxyl groups is 1. The first-order valence-corrected chi connectivity index (χ1v) is 9.17. The molecule has 0 aliphatic rings. The summed E-state index contributed by atoms with van der Waals surface area (Å²) in [5.41, 5.74) is 0.783. The van der Waals surface area contributed by atoms with Crippen LogP contribution in [0.25, 0.3) is 0 Å². The van der Waals surface area contributed by atoms with E-state index in [9.17, 15) is 13.5 Å². The first-order chi connectivity index (χ1) is 12.0. The van der Waals surface area contributed by atoms with Crippen LogP contribution in [0.2, 0.25) is 5.02 Å². The summed E-state index contributed by atoms with van der Waals surface area (Å²) in [4.78, 5) is -0.0305. The quantitative estimate of drug-likeness (QED) is 0.733. The number of hydrogen-bond acceptors (Lipinski definition) is 4. The van der Waals surface area contributed by atoms with E-state index in [1.807, 2.05) is 0 Å². The standard InChI is InChI=1S/C19H13ClO4S/c20-15-11-9-14(10-12-15)13-24-19-17(21)7-4-8-18(19)25(22,23)16-5-2-1-3-6-16/h2-6,8-12,21H,13H2. The first-order valence-electron chi connectivity index (χ1n) is 7.30. The Morgan fingerprint density at radius 3 is 2.36 bits per heavy atom. The van der Waals surface area contributed by atoms with E-state index in [4.69, 9.17) is 16.3 Å². The molecular formula is C19H13ClO4S. The molecule has 126 valence electrons. The normalized spacial score (nSPS) is 11.2. The van der Waals surface area contributed by atoms with E-state index in [0.29, 0.717) is 5.02 Å². The minimum Gasteiger partial charge on any atom is -0.504 e. The third kappa shape index (κ3) is 3.78. The SMILES string of the molecule is O=S(=O)(c1cc[c]cc1)c1cc[c]c(O)c1OCc1ccc(Cl)cc1. The summed E-state index contributed by atoms with van der Waals surface area (Å²) < 4.78 is 31.2. The molecule has 3 rings (SSSR count). The lowest BCUT2D eigenvalue weighted by Gasteiger charge is -2.13. The lowest BCUT2D eigenvalue weighted by molar-refractivity contribution is 0.280. The molecule has 0 bridgehead atoms. The smallest absolute Gasteiger partial charge is 0.210 e. The molecule has 3 aromatic carbocycles. The summed E-state index contributed by atoms with van der Waals surface area (Å²) in [7, 11) is -3.85. The van der Waals surface area contributed by atoms with Gasteiger partial charge < -0.3 is 9.84 Å². The molecule has 6 heteroatoms. The topological polar surface area (TPSA) is 63.6 Å². The number of phenols is 1. The maximum absolute atomic E-state index is 12.8. The van der Waals surface area contributed by atoms with Crippen molar-refractivity contribution < 1.29 is 18.3 Å². The second-order valence-electron chi connectivity index (χ2n) is 5.17. The Kier molecular flexibility index (Phi) is 4.97. The van der Waals surface area contributed by atoms with Gasteiger partial charge in [0.1, 0.15) is 11.5 Å². The number of rotatable bonds is 5. The van der Waals surface area contributed by atoms with Crippen molar-refractivity contribution in [3.8, 4) is 11.5 Å². The predicted octanol–water partition coefficient (Wildman–Crippen LogP) is 4.06. The Morgan fingerprint density at radius 2 is 1.68 bits per heavy atom. The van der Waals surface area contributed by atoms with Gasteiger partial charge in [-0.3, -0.25) is 0 Å². The highest BCUT2D eigenvalue weighted by Gasteiger charge is 2.24. The van der Waals surface area contributed by atoms with Crippen molar-refractivity contribution in [1.29, 1.82) is 0 Å². The van der Waals surface area contributed by atoms with Gasteiger partial charge in [-0.25, -0.2) is 8.42 Å². The molecule has 2 radical (unpaired) electrons. The van der Waals surface area contributed by atoms with Crippen molar-refractivity contribution in [1.82, 2.24) is 0 Å². The molecule has 1 N–H and O–H groups in total. The van der Waals surface area contributed by atoms with Crippen molar-refractivity contribution in [3.63, 3.8) is 0 Å². The van der Waals surface area contributed by atoms with Crippen molar-refractivity contribution in [3.05, 3.63) is 83.4 Å². The molecule has 0 aromatic heterocycles. The molecule has 25 heavy (non-hydrogen) atoms. The van der Waals surface area contributed by atoms with E-state index in [-0.39, 0.29) is 27.9 Å². The van der Waals surface area contributed by atoms with Gasteiger partial charge in [0.15, 0.2) is 11.5 Å². The molecular weight excluding hydrogens is 360 g/mol. The fourth-order valence-corrected chi connectivity index (χ4v) is 3.74. The molecule has 0 unspecified atom stereocenters. The maximum atomic E-state index is 12.8. The van der Waals surface area contributed by atoms with E-state index in [1.165, 1.54) is 36.4 Å². The molecule has 0 atom stereocenters. The maximum Gasteiger partial charge on any atom is 0.210 e. The molecule has 0 saturated heterocycles.